The first-order valence-electron chi connectivity index (χ1n) is 9.13. The van der Waals surface area contributed by atoms with Crippen LogP contribution in [0, 0.1) is 17.0 Å². The first-order valence-corrected chi connectivity index (χ1v) is 9.13. The first kappa shape index (κ1) is 19.3. The second-order valence-electron chi connectivity index (χ2n) is 7.44. The Balaban J connectivity index is 1.35. The lowest BCUT2D eigenvalue weighted by molar-refractivity contribution is -0.234. The molecular formula is C20H20F2N4O3. The van der Waals surface area contributed by atoms with Crippen molar-refractivity contribution < 1.29 is 23.1 Å². The standard InChI is InChI=1S/C20H20F2N4O3/c21-14-2-1-3-15(8-14)24-19(28)26-9-20(10-26)11-29-17(20)7-12-4-5-13(6-16(12)22)18(27)25-23/h1-6,8,17H,7,9-11,23H2,(H,24,28)(H,25,27). The number of urea groups is 1. The van der Waals surface area contributed by atoms with Gasteiger partial charge in [0.05, 0.1) is 18.1 Å². The Hall–Kier alpha value is -3.04. The van der Waals surface area contributed by atoms with Gasteiger partial charge >= 0.3 is 6.03 Å². The first-order chi connectivity index (χ1) is 13.9. The van der Waals surface area contributed by atoms with E-state index in [1.807, 2.05) is 5.43 Å². The summed E-state index contributed by atoms with van der Waals surface area (Å²) < 4.78 is 33.2. The van der Waals surface area contributed by atoms with Crippen LogP contribution in [0.1, 0.15) is 15.9 Å². The minimum absolute atomic E-state index is 0.141. The van der Waals surface area contributed by atoms with E-state index < -0.39 is 17.5 Å². The zero-order valence-corrected chi connectivity index (χ0v) is 15.5. The van der Waals surface area contributed by atoms with Crippen molar-refractivity contribution in [2.75, 3.05) is 25.0 Å². The van der Waals surface area contributed by atoms with Gasteiger partial charge in [-0.25, -0.2) is 19.4 Å². The van der Waals surface area contributed by atoms with Crippen molar-refractivity contribution in [1.29, 1.82) is 0 Å². The minimum Gasteiger partial charge on any atom is -0.376 e. The zero-order chi connectivity index (χ0) is 20.6. The van der Waals surface area contributed by atoms with Gasteiger partial charge in [0, 0.05) is 30.8 Å². The van der Waals surface area contributed by atoms with Crippen molar-refractivity contribution in [3.05, 3.63) is 65.2 Å². The number of nitrogen functional groups attached to an aromatic ring is 1. The Kier molecular flexibility index (Phi) is 4.93. The molecule has 29 heavy (non-hydrogen) atoms. The van der Waals surface area contributed by atoms with Crippen LogP contribution in [0.5, 0.6) is 0 Å². The summed E-state index contributed by atoms with van der Waals surface area (Å²) in [6, 6.07) is 9.57. The predicted octanol–water partition coefficient (Wildman–Crippen LogP) is 2.04. The molecule has 152 valence electrons. The second kappa shape index (κ2) is 7.41. The van der Waals surface area contributed by atoms with E-state index in [9.17, 15) is 18.4 Å². The van der Waals surface area contributed by atoms with Gasteiger partial charge in [-0.2, -0.15) is 0 Å². The molecule has 2 aliphatic rings. The lowest BCUT2D eigenvalue weighted by atomic mass is 9.69. The molecule has 3 amide bonds. The molecule has 4 N–H and O–H groups in total. The van der Waals surface area contributed by atoms with Crippen LogP contribution >= 0.6 is 0 Å². The number of benzene rings is 2. The van der Waals surface area contributed by atoms with Crippen LogP contribution in [-0.4, -0.2) is 42.6 Å². The Morgan fingerprint density at radius 3 is 2.62 bits per heavy atom. The molecule has 1 spiro atoms. The molecule has 2 fully saturated rings. The highest BCUT2D eigenvalue weighted by Gasteiger charge is 2.57. The lowest BCUT2D eigenvalue weighted by Gasteiger charge is -2.59. The van der Waals surface area contributed by atoms with Gasteiger partial charge in [-0.15, -0.1) is 0 Å². The molecule has 0 saturated carbocycles. The average molecular weight is 402 g/mol. The fourth-order valence-electron chi connectivity index (χ4n) is 3.77. The van der Waals surface area contributed by atoms with Gasteiger partial charge in [-0.1, -0.05) is 12.1 Å². The fourth-order valence-corrected chi connectivity index (χ4v) is 3.77. The van der Waals surface area contributed by atoms with Crippen LogP contribution in [0.25, 0.3) is 0 Å². The van der Waals surface area contributed by atoms with Gasteiger partial charge < -0.3 is 15.0 Å². The quantitative estimate of drug-likeness (QED) is 0.414. The molecule has 2 aromatic carbocycles. The minimum atomic E-state index is -0.564. The predicted molar refractivity (Wildman–Crippen MR) is 101 cm³/mol. The van der Waals surface area contributed by atoms with Gasteiger partial charge in [-0.3, -0.25) is 10.2 Å². The third kappa shape index (κ3) is 3.66. The van der Waals surface area contributed by atoms with Crippen molar-refractivity contribution in [3.63, 3.8) is 0 Å². The van der Waals surface area contributed by atoms with Crippen LogP contribution in [0.3, 0.4) is 0 Å². The van der Waals surface area contributed by atoms with Crippen molar-refractivity contribution in [2.45, 2.75) is 12.5 Å². The third-order valence-corrected chi connectivity index (χ3v) is 5.48. The van der Waals surface area contributed by atoms with Gasteiger partial charge in [0.25, 0.3) is 5.91 Å². The Labute approximate surface area is 165 Å². The molecule has 0 aromatic heterocycles. The fraction of sp³-hybridized carbons (Fsp3) is 0.300. The summed E-state index contributed by atoms with van der Waals surface area (Å²) in [6.45, 7) is 1.46. The van der Waals surface area contributed by atoms with Crippen LogP contribution < -0.4 is 16.6 Å². The van der Waals surface area contributed by atoms with Crippen LogP contribution in [0.4, 0.5) is 19.3 Å². The molecule has 2 heterocycles. The number of hydrogen-bond donors (Lipinski definition) is 3. The van der Waals surface area contributed by atoms with Crippen molar-refractivity contribution >= 4 is 17.6 Å². The maximum absolute atomic E-state index is 14.3. The smallest absolute Gasteiger partial charge is 0.321 e. The molecule has 9 heteroatoms. The molecular weight excluding hydrogens is 382 g/mol. The van der Waals surface area contributed by atoms with Gasteiger partial charge in [-0.05, 0) is 35.9 Å². The molecule has 1 unspecified atom stereocenters. The van der Waals surface area contributed by atoms with Gasteiger partial charge in [0.1, 0.15) is 11.6 Å². The Bertz CT molecular complexity index is 962. The topological polar surface area (TPSA) is 96.7 Å². The van der Waals surface area contributed by atoms with Crippen molar-refractivity contribution in [1.82, 2.24) is 10.3 Å². The molecule has 1 atom stereocenters. The summed E-state index contributed by atoms with van der Waals surface area (Å²) in [7, 11) is 0. The van der Waals surface area contributed by atoms with Crippen molar-refractivity contribution in [2.24, 2.45) is 11.3 Å². The number of halogens is 2. The van der Waals surface area contributed by atoms with E-state index >= 15 is 0 Å². The summed E-state index contributed by atoms with van der Waals surface area (Å²) in [6.07, 6.45) is 0.125. The number of anilines is 1. The molecule has 7 nitrogen and oxygen atoms in total. The number of ether oxygens (including phenoxy) is 1. The molecule has 0 radical (unpaired) electrons. The summed E-state index contributed by atoms with van der Waals surface area (Å²) in [5, 5.41) is 2.66. The number of carbonyl (C=O) groups is 2. The normalized spacial score (nSPS) is 19.3. The van der Waals surface area contributed by atoms with Gasteiger partial charge in [0.2, 0.25) is 0 Å². The highest BCUT2D eigenvalue weighted by molar-refractivity contribution is 5.93. The zero-order valence-electron chi connectivity index (χ0n) is 15.5. The van der Waals surface area contributed by atoms with Crippen LogP contribution in [0.2, 0.25) is 0 Å². The summed E-state index contributed by atoms with van der Waals surface area (Å²) >= 11 is 0. The molecule has 4 rings (SSSR count). The molecule has 2 aliphatic heterocycles. The highest BCUT2D eigenvalue weighted by Crippen LogP contribution is 2.45. The van der Waals surface area contributed by atoms with E-state index in [4.69, 9.17) is 10.6 Å². The van der Waals surface area contributed by atoms with Gasteiger partial charge in [0.15, 0.2) is 0 Å². The summed E-state index contributed by atoms with van der Waals surface area (Å²) in [4.78, 5) is 25.4. The number of hydrogen-bond acceptors (Lipinski definition) is 4. The molecule has 0 aliphatic carbocycles. The second-order valence-corrected chi connectivity index (χ2v) is 7.44. The number of amides is 3. The van der Waals surface area contributed by atoms with E-state index in [0.29, 0.717) is 37.4 Å². The molecule has 2 aromatic rings. The maximum Gasteiger partial charge on any atom is 0.321 e. The van der Waals surface area contributed by atoms with E-state index in [1.165, 1.54) is 24.3 Å². The third-order valence-electron chi connectivity index (χ3n) is 5.48. The number of likely N-dealkylation sites (tertiary alicyclic amines) is 1. The highest BCUT2D eigenvalue weighted by atomic mass is 19.1. The Morgan fingerprint density at radius 2 is 2.00 bits per heavy atom. The SMILES string of the molecule is NNC(=O)c1ccc(CC2OCC23CN(C(=O)Nc2cccc(F)c2)C3)c(F)c1. The van der Waals surface area contributed by atoms with Crippen molar-refractivity contribution in [3.8, 4) is 0 Å². The van der Waals surface area contributed by atoms with E-state index in [1.54, 1.807) is 17.0 Å². The molecule has 2 saturated heterocycles. The average Bonchev–Trinajstić information content (AvgIpc) is 2.64. The number of nitrogens with zero attached hydrogens (tertiary/aromatic N) is 1. The maximum atomic E-state index is 14.3. The number of rotatable bonds is 4. The number of carbonyl (C=O) groups excluding carboxylic acids is 2. The summed E-state index contributed by atoms with van der Waals surface area (Å²) in [5.41, 5.74) is 2.72. The van der Waals surface area contributed by atoms with E-state index in [2.05, 4.69) is 5.32 Å². The van der Waals surface area contributed by atoms with Crippen LogP contribution in [0.15, 0.2) is 42.5 Å². The van der Waals surface area contributed by atoms with Crippen LogP contribution in [-0.2, 0) is 11.2 Å². The number of hydrazine groups is 1. The van der Waals surface area contributed by atoms with E-state index in [0.717, 1.165) is 6.07 Å². The lowest BCUT2D eigenvalue weighted by Crippen LogP contribution is -2.72. The van der Waals surface area contributed by atoms with E-state index in [-0.39, 0.29) is 23.1 Å². The number of nitrogens with two attached hydrogens (primary N) is 1. The largest absolute Gasteiger partial charge is 0.376 e. The Morgan fingerprint density at radius 1 is 1.21 bits per heavy atom. The monoisotopic (exact) mass is 402 g/mol. The summed E-state index contributed by atoms with van der Waals surface area (Å²) in [5.74, 6) is 3.57. The number of nitrogens with one attached hydrogen (secondary N) is 2. The molecule has 0 bridgehead atoms.